The first kappa shape index (κ1) is 20.7. The summed E-state index contributed by atoms with van der Waals surface area (Å²) in [4.78, 5) is 11.9. The first-order valence-corrected chi connectivity index (χ1v) is 8.48. The Bertz CT molecular complexity index is 462. The molecule has 0 atom stereocenters. The van der Waals surface area contributed by atoms with Crippen LogP contribution >= 0.6 is 12.4 Å². The molecule has 2 N–H and O–H groups in total. The smallest absolute Gasteiger partial charge is 0.220 e. The molecule has 0 unspecified atom stereocenters. The average molecular weight is 357 g/mol. The van der Waals surface area contributed by atoms with Crippen molar-refractivity contribution in [2.24, 2.45) is 0 Å². The molecule has 6 heteroatoms. The number of benzene rings is 1. The van der Waals surface area contributed by atoms with Crippen molar-refractivity contribution >= 4 is 18.3 Å². The summed E-state index contributed by atoms with van der Waals surface area (Å²) in [6.45, 7) is 3.28. The number of piperidine rings is 1. The molecule has 2 rings (SSSR count). The van der Waals surface area contributed by atoms with E-state index in [0.29, 0.717) is 19.1 Å². The summed E-state index contributed by atoms with van der Waals surface area (Å²) in [5.41, 5.74) is 1.24. The number of carbonyl (C=O) groups is 1. The Balaban J connectivity index is 0.00000288. The monoisotopic (exact) mass is 356 g/mol. The van der Waals surface area contributed by atoms with Gasteiger partial charge in [0.05, 0.1) is 13.2 Å². The Labute approximate surface area is 150 Å². The van der Waals surface area contributed by atoms with Gasteiger partial charge in [-0.05, 0) is 56.5 Å². The van der Waals surface area contributed by atoms with Crippen molar-refractivity contribution in [1.29, 1.82) is 0 Å². The fourth-order valence-corrected chi connectivity index (χ4v) is 2.66. The van der Waals surface area contributed by atoms with Crippen LogP contribution in [-0.2, 0) is 16.0 Å². The Morgan fingerprint density at radius 1 is 1.21 bits per heavy atom. The van der Waals surface area contributed by atoms with E-state index < -0.39 is 0 Å². The standard InChI is InChI=1S/C18H28N2O3.ClH/c1-22-14-10-15-4-6-17(7-5-15)23-13-2-3-18(21)20-16-8-11-19-12-9-16;/h4-7,16,19H,2-3,8-14H2,1H3,(H,20,21);1H. The van der Waals surface area contributed by atoms with E-state index >= 15 is 0 Å². The molecule has 1 saturated heterocycles. The Hall–Kier alpha value is -1.30. The topological polar surface area (TPSA) is 59.6 Å². The van der Waals surface area contributed by atoms with Crippen LogP contribution in [0.2, 0.25) is 0 Å². The summed E-state index contributed by atoms with van der Waals surface area (Å²) in [6.07, 6.45) is 4.22. The van der Waals surface area contributed by atoms with Crippen molar-refractivity contribution in [3.8, 4) is 5.75 Å². The van der Waals surface area contributed by atoms with Gasteiger partial charge in [-0.1, -0.05) is 12.1 Å². The van der Waals surface area contributed by atoms with Gasteiger partial charge in [-0.2, -0.15) is 0 Å². The van der Waals surface area contributed by atoms with Crippen LogP contribution in [0, 0.1) is 0 Å². The predicted molar refractivity (Wildman–Crippen MR) is 98.0 cm³/mol. The van der Waals surface area contributed by atoms with Crippen LogP contribution in [0.25, 0.3) is 0 Å². The number of hydrogen-bond donors (Lipinski definition) is 2. The van der Waals surface area contributed by atoms with Gasteiger partial charge >= 0.3 is 0 Å². The SMILES string of the molecule is COCCc1ccc(OCCCC(=O)NC2CCNCC2)cc1.Cl. The van der Waals surface area contributed by atoms with Crippen molar-refractivity contribution < 1.29 is 14.3 Å². The van der Waals surface area contributed by atoms with Crippen LogP contribution in [0.5, 0.6) is 5.75 Å². The number of nitrogens with one attached hydrogen (secondary N) is 2. The third-order valence-corrected chi connectivity index (χ3v) is 4.04. The van der Waals surface area contributed by atoms with Crippen molar-refractivity contribution in [3.63, 3.8) is 0 Å². The van der Waals surface area contributed by atoms with Crippen LogP contribution in [-0.4, -0.2) is 45.4 Å². The molecule has 0 spiro atoms. The van der Waals surface area contributed by atoms with Crippen LogP contribution in [0.15, 0.2) is 24.3 Å². The highest BCUT2D eigenvalue weighted by Crippen LogP contribution is 2.13. The van der Waals surface area contributed by atoms with Gasteiger partial charge in [-0.15, -0.1) is 12.4 Å². The van der Waals surface area contributed by atoms with Crippen LogP contribution < -0.4 is 15.4 Å². The summed E-state index contributed by atoms with van der Waals surface area (Å²) in [6, 6.07) is 8.39. The predicted octanol–water partition coefficient (Wildman–Crippen LogP) is 2.32. The number of methoxy groups -OCH3 is 1. The lowest BCUT2D eigenvalue weighted by molar-refractivity contribution is -0.122. The third kappa shape index (κ3) is 7.99. The molecule has 0 saturated carbocycles. The molecular weight excluding hydrogens is 328 g/mol. The van der Waals surface area contributed by atoms with Gasteiger partial charge in [-0.25, -0.2) is 0 Å². The van der Waals surface area contributed by atoms with E-state index in [9.17, 15) is 4.79 Å². The van der Waals surface area contributed by atoms with Crippen LogP contribution in [0.4, 0.5) is 0 Å². The molecule has 1 aliphatic rings. The second kappa shape index (κ2) is 12.1. The quantitative estimate of drug-likeness (QED) is 0.667. The maximum atomic E-state index is 11.9. The first-order chi connectivity index (χ1) is 11.3. The van der Waals surface area contributed by atoms with Gasteiger partial charge in [0.15, 0.2) is 0 Å². The molecule has 0 aromatic heterocycles. The molecule has 5 nitrogen and oxygen atoms in total. The lowest BCUT2D eigenvalue weighted by Gasteiger charge is -2.23. The summed E-state index contributed by atoms with van der Waals surface area (Å²) >= 11 is 0. The largest absolute Gasteiger partial charge is 0.494 e. The molecule has 1 heterocycles. The molecule has 1 aromatic carbocycles. The van der Waals surface area contributed by atoms with E-state index in [4.69, 9.17) is 9.47 Å². The highest BCUT2D eigenvalue weighted by atomic mass is 35.5. The van der Waals surface area contributed by atoms with E-state index in [1.54, 1.807) is 7.11 Å². The minimum atomic E-state index is 0. The summed E-state index contributed by atoms with van der Waals surface area (Å²) in [5, 5.41) is 6.39. The first-order valence-electron chi connectivity index (χ1n) is 8.48. The molecule has 1 aromatic rings. The summed E-state index contributed by atoms with van der Waals surface area (Å²) in [5.74, 6) is 0.986. The molecule has 1 fully saturated rings. The maximum absolute atomic E-state index is 11.9. The van der Waals surface area contributed by atoms with Crippen molar-refractivity contribution in [2.75, 3.05) is 33.4 Å². The van der Waals surface area contributed by atoms with Gasteiger partial charge in [0, 0.05) is 19.6 Å². The summed E-state index contributed by atoms with van der Waals surface area (Å²) in [7, 11) is 1.71. The molecule has 24 heavy (non-hydrogen) atoms. The summed E-state index contributed by atoms with van der Waals surface area (Å²) < 4.78 is 10.7. The van der Waals surface area contributed by atoms with Crippen LogP contribution in [0.1, 0.15) is 31.2 Å². The number of hydrogen-bond acceptors (Lipinski definition) is 4. The second-order valence-electron chi connectivity index (χ2n) is 5.93. The zero-order chi connectivity index (χ0) is 16.3. The zero-order valence-electron chi connectivity index (χ0n) is 14.4. The van der Waals surface area contributed by atoms with E-state index in [0.717, 1.165) is 51.1 Å². The fraction of sp³-hybridized carbons (Fsp3) is 0.611. The zero-order valence-corrected chi connectivity index (χ0v) is 15.2. The van der Waals surface area contributed by atoms with Crippen molar-refractivity contribution in [3.05, 3.63) is 29.8 Å². The number of ether oxygens (including phenoxy) is 2. The fourth-order valence-electron chi connectivity index (χ4n) is 2.66. The van der Waals surface area contributed by atoms with Crippen molar-refractivity contribution in [2.45, 2.75) is 38.1 Å². The number of rotatable bonds is 9. The molecule has 0 bridgehead atoms. The lowest BCUT2D eigenvalue weighted by atomic mass is 10.1. The second-order valence-corrected chi connectivity index (χ2v) is 5.93. The molecule has 0 radical (unpaired) electrons. The minimum Gasteiger partial charge on any atom is -0.494 e. The van der Waals surface area contributed by atoms with E-state index in [1.807, 2.05) is 12.1 Å². The third-order valence-electron chi connectivity index (χ3n) is 4.04. The molecule has 1 aliphatic heterocycles. The molecule has 136 valence electrons. The number of carbonyl (C=O) groups excluding carboxylic acids is 1. The molecular formula is C18H29ClN2O3. The van der Waals surface area contributed by atoms with E-state index in [2.05, 4.69) is 22.8 Å². The average Bonchev–Trinajstić information content (AvgIpc) is 2.59. The lowest BCUT2D eigenvalue weighted by Crippen LogP contribution is -2.42. The highest BCUT2D eigenvalue weighted by molar-refractivity contribution is 5.85. The Morgan fingerprint density at radius 2 is 1.92 bits per heavy atom. The highest BCUT2D eigenvalue weighted by Gasteiger charge is 2.14. The minimum absolute atomic E-state index is 0. The van der Waals surface area contributed by atoms with Gasteiger partial charge in [0.1, 0.15) is 5.75 Å². The normalized spacial score (nSPS) is 14.7. The van der Waals surface area contributed by atoms with Gasteiger partial charge < -0.3 is 20.1 Å². The number of amides is 1. The van der Waals surface area contributed by atoms with Gasteiger partial charge in [0.25, 0.3) is 0 Å². The Kier molecular flexibility index (Phi) is 10.5. The maximum Gasteiger partial charge on any atom is 0.220 e. The van der Waals surface area contributed by atoms with Crippen LogP contribution in [0.3, 0.4) is 0 Å². The van der Waals surface area contributed by atoms with E-state index in [1.165, 1.54) is 5.56 Å². The molecule has 1 amide bonds. The number of halogens is 1. The van der Waals surface area contributed by atoms with Gasteiger partial charge in [0.2, 0.25) is 5.91 Å². The molecule has 0 aliphatic carbocycles. The van der Waals surface area contributed by atoms with Gasteiger partial charge in [-0.3, -0.25) is 4.79 Å². The van der Waals surface area contributed by atoms with Crippen molar-refractivity contribution in [1.82, 2.24) is 10.6 Å². The Morgan fingerprint density at radius 3 is 2.58 bits per heavy atom. The van der Waals surface area contributed by atoms with E-state index in [-0.39, 0.29) is 18.3 Å².